The molecule has 0 aromatic heterocycles. The Morgan fingerprint density at radius 2 is 1.84 bits per heavy atom. The summed E-state index contributed by atoms with van der Waals surface area (Å²) in [4.78, 5) is 0. The minimum absolute atomic E-state index is 0.315. The monoisotopic (exact) mass is 259 g/mol. The van der Waals surface area contributed by atoms with Crippen molar-refractivity contribution < 1.29 is 9.13 Å². The van der Waals surface area contributed by atoms with Crippen molar-refractivity contribution in [3.05, 3.63) is 65.5 Å². The molecule has 0 saturated heterocycles. The molecule has 0 heterocycles. The molecule has 0 aliphatic carbocycles. The van der Waals surface area contributed by atoms with E-state index in [-0.39, 0.29) is 5.82 Å². The molecule has 2 aromatic carbocycles. The van der Waals surface area contributed by atoms with Crippen LogP contribution in [0, 0.1) is 5.82 Å². The minimum Gasteiger partial charge on any atom is -0.398 e. The second-order valence-electron chi connectivity index (χ2n) is 4.48. The van der Waals surface area contributed by atoms with Gasteiger partial charge in [-0.15, -0.1) is 0 Å². The molecule has 0 aliphatic rings. The molecule has 0 bridgehead atoms. The second-order valence-corrected chi connectivity index (χ2v) is 4.48. The number of ether oxygens (including phenoxy) is 1. The molecule has 2 aromatic rings. The highest BCUT2D eigenvalue weighted by Gasteiger charge is 2.01. The zero-order valence-electron chi connectivity index (χ0n) is 10.8. The van der Waals surface area contributed by atoms with Gasteiger partial charge in [0, 0.05) is 17.9 Å². The number of aryl methyl sites for hydroxylation is 1. The highest BCUT2D eigenvalue weighted by molar-refractivity contribution is 5.46. The van der Waals surface area contributed by atoms with Crippen LogP contribution in [0.4, 0.5) is 10.1 Å². The van der Waals surface area contributed by atoms with E-state index in [1.54, 1.807) is 6.07 Å². The van der Waals surface area contributed by atoms with Gasteiger partial charge in [0.2, 0.25) is 0 Å². The van der Waals surface area contributed by atoms with Gasteiger partial charge in [-0.05, 0) is 30.5 Å². The van der Waals surface area contributed by atoms with Gasteiger partial charge in [-0.2, -0.15) is 0 Å². The third kappa shape index (κ3) is 4.38. The maximum Gasteiger partial charge on any atom is 0.125 e. The Bertz CT molecular complexity index is 513. The molecule has 19 heavy (non-hydrogen) atoms. The van der Waals surface area contributed by atoms with Crippen LogP contribution in [-0.4, -0.2) is 6.61 Å². The Hall–Kier alpha value is -1.87. The van der Waals surface area contributed by atoms with E-state index in [1.165, 1.54) is 17.7 Å². The number of nitrogen functional groups attached to an aromatic ring is 1. The predicted octanol–water partition coefficient (Wildman–Crippen LogP) is 3.56. The van der Waals surface area contributed by atoms with Crippen LogP contribution in [-0.2, 0) is 17.8 Å². The van der Waals surface area contributed by atoms with Crippen molar-refractivity contribution in [3.8, 4) is 0 Å². The van der Waals surface area contributed by atoms with E-state index in [2.05, 4.69) is 12.1 Å². The summed E-state index contributed by atoms with van der Waals surface area (Å²) >= 11 is 0. The number of halogens is 1. The zero-order chi connectivity index (χ0) is 13.5. The van der Waals surface area contributed by atoms with Crippen molar-refractivity contribution >= 4 is 5.69 Å². The molecule has 100 valence electrons. The third-order valence-corrected chi connectivity index (χ3v) is 2.96. The van der Waals surface area contributed by atoms with Gasteiger partial charge in [-0.1, -0.05) is 36.4 Å². The molecule has 2 nitrogen and oxygen atoms in total. The van der Waals surface area contributed by atoms with E-state index in [9.17, 15) is 4.39 Å². The summed E-state index contributed by atoms with van der Waals surface area (Å²) in [6.45, 7) is 1.10. The Kier molecular flexibility index (Phi) is 4.93. The lowest BCUT2D eigenvalue weighted by molar-refractivity contribution is 0.119. The lowest BCUT2D eigenvalue weighted by Crippen LogP contribution is -2.01. The SMILES string of the molecule is Nc1cc(F)ccc1COCCCc1ccccc1. The quantitative estimate of drug-likeness (QED) is 0.636. The number of anilines is 1. The fourth-order valence-corrected chi connectivity index (χ4v) is 1.90. The van der Waals surface area contributed by atoms with Crippen molar-refractivity contribution in [2.45, 2.75) is 19.4 Å². The van der Waals surface area contributed by atoms with E-state index >= 15 is 0 Å². The minimum atomic E-state index is -0.315. The summed E-state index contributed by atoms with van der Waals surface area (Å²) in [6, 6.07) is 14.7. The van der Waals surface area contributed by atoms with Crippen LogP contribution in [0.1, 0.15) is 17.5 Å². The van der Waals surface area contributed by atoms with Crippen molar-refractivity contribution in [3.63, 3.8) is 0 Å². The van der Waals surface area contributed by atoms with Gasteiger partial charge < -0.3 is 10.5 Å². The molecule has 3 heteroatoms. The zero-order valence-corrected chi connectivity index (χ0v) is 10.8. The molecule has 0 saturated carbocycles. The Labute approximate surface area is 113 Å². The molecule has 0 fully saturated rings. The van der Waals surface area contributed by atoms with Crippen molar-refractivity contribution in [2.24, 2.45) is 0 Å². The largest absolute Gasteiger partial charge is 0.398 e. The summed E-state index contributed by atoms with van der Waals surface area (Å²) in [5.41, 5.74) is 8.30. The molecule has 0 unspecified atom stereocenters. The van der Waals surface area contributed by atoms with Gasteiger partial charge in [-0.25, -0.2) is 4.39 Å². The smallest absolute Gasteiger partial charge is 0.125 e. The van der Waals surface area contributed by atoms with Crippen LogP contribution in [0.15, 0.2) is 48.5 Å². The standard InChI is InChI=1S/C16H18FNO/c17-15-9-8-14(16(18)11-15)12-19-10-4-7-13-5-2-1-3-6-13/h1-3,5-6,8-9,11H,4,7,10,12,18H2. The van der Waals surface area contributed by atoms with E-state index in [4.69, 9.17) is 10.5 Å². The molecule has 0 amide bonds. The van der Waals surface area contributed by atoms with Gasteiger partial charge in [-0.3, -0.25) is 0 Å². The van der Waals surface area contributed by atoms with E-state index in [1.807, 2.05) is 18.2 Å². The lowest BCUT2D eigenvalue weighted by atomic mass is 10.1. The fraction of sp³-hybridized carbons (Fsp3) is 0.250. The number of nitrogens with two attached hydrogens (primary N) is 1. The third-order valence-electron chi connectivity index (χ3n) is 2.96. The number of hydrogen-bond acceptors (Lipinski definition) is 2. The van der Waals surface area contributed by atoms with Crippen LogP contribution >= 0.6 is 0 Å². The number of benzene rings is 2. The average Bonchev–Trinajstić information content (AvgIpc) is 2.42. The summed E-state index contributed by atoms with van der Waals surface area (Å²) in [7, 11) is 0. The Balaban J connectivity index is 1.69. The normalized spacial score (nSPS) is 10.6. The maximum atomic E-state index is 12.9. The van der Waals surface area contributed by atoms with E-state index in [0.717, 1.165) is 18.4 Å². The van der Waals surface area contributed by atoms with Crippen molar-refractivity contribution in [1.29, 1.82) is 0 Å². The van der Waals surface area contributed by atoms with Crippen LogP contribution in [0.5, 0.6) is 0 Å². The summed E-state index contributed by atoms with van der Waals surface area (Å²) in [5.74, 6) is -0.315. The van der Waals surface area contributed by atoms with Crippen LogP contribution in [0.2, 0.25) is 0 Å². The van der Waals surface area contributed by atoms with E-state index < -0.39 is 0 Å². The predicted molar refractivity (Wildman–Crippen MR) is 75.2 cm³/mol. The topological polar surface area (TPSA) is 35.2 Å². The first-order chi connectivity index (χ1) is 9.25. The number of hydrogen-bond donors (Lipinski definition) is 1. The van der Waals surface area contributed by atoms with Gasteiger partial charge >= 0.3 is 0 Å². The first kappa shape index (κ1) is 13.6. The maximum absolute atomic E-state index is 12.9. The molecule has 0 radical (unpaired) electrons. The van der Waals surface area contributed by atoms with Crippen LogP contribution in [0.25, 0.3) is 0 Å². The summed E-state index contributed by atoms with van der Waals surface area (Å²) in [6.07, 6.45) is 1.96. The molecule has 0 spiro atoms. The Morgan fingerprint density at radius 1 is 1.05 bits per heavy atom. The lowest BCUT2D eigenvalue weighted by Gasteiger charge is -2.07. The average molecular weight is 259 g/mol. The summed E-state index contributed by atoms with van der Waals surface area (Å²) < 4.78 is 18.4. The first-order valence-corrected chi connectivity index (χ1v) is 6.41. The van der Waals surface area contributed by atoms with Crippen molar-refractivity contribution in [2.75, 3.05) is 12.3 Å². The Morgan fingerprint density at radius 3 is 2.58 bits per heavy atom. The molecule has 0 aliphatic heterocycles. The molecule has 0 atom stereocenters. The first-order valence-electron chi connectivity index (χ1n) is 6.41. The summed E-state index contributed by atoms with van der Waals surface area (Å²) in [5, 5.41) is 0. The molecule has 2 N–H and O–H groups in total. The van der Waals surface area contributed by atoms with Crippen LogP contribution < -0.4 is 5.73 Å². The van der Waals surface area contributed by atoms with Gasteiger partial charge in [0.1, 0.15) is 5.82 Å². The highest BCUT2D eigenvalue weighted by atomic mass is 19.1. The fourth-order valence-electron chi connectivity index (χ4n) is 1.90. The van der Waals surface area contributed by atoms with Crippen molar-refractivity contribution in [1.82, 2.24) is 0 Å². The second kappa shape index (κ2) is 6.90. The van der Waals surface area contributed by atoms with Crippen LogP contribution in [0.3, 0.4) is 0 Å². The molecule has 2 rings (SSSR count). The highest BCUT2D eigenvalue weighted by Crippen LogP contribution is 2.14. The van der Waals surface area contributed by atoms with Gasteiger partial charge in [0.15, 0.2) is 0 Å². The number of rotatable bonds is 6. The van der Waals surface area contributed by atoms with E-state index in [0.29, 0.717) is 18.9 Å². The van der Waals surface area contributed by atoms with Gasteiger partial charge in [0.05, 0.1) is 6.61 Å². The molecular formula is C16H18FNO. The molecular weight excluding hydrogens is 241 g/mol. The van der Waals surface area contributed by atoms with Gasteiger partial charge in [0.25, 0.3) is 0 Å².